The number of aryl methyl sites for hydroxylation is 2. The molecule has 10 heteroatoms. The summed E-state index contributed by atoms with van der Waals surface area (Å²) in [7, 11) is -3.45. The lowest BCUT2D eigenvalue weighted by atomic mass is 10.2. The fraction of sp³-hybridized carbons (Fsp3) is 0.500. The van der Waals surface area contributed by atoms with Crippen molar-refractivity contribution in [2.24, 2.45) is 0 Å². The van der Waals surface area contributed by atoms with Gasteiger partial charge in [-0.2, -0.15) is 9.40 Å². The number of benzene rings is 1. The van der Waals surface area contributed by atoms with E-state index in [-0.39, 0.29) is 0 Å². The van der Waals surface area contributed by atoms with Gasteiger partial charge in [-0.3, -0.25) is 4.90 Å². The highest BCUT2D eigenvalue weighted by Gasteiger charge is 2.29. The maximum atomic E-state index is 13.0. The zero-order valence-corrected chi connectivity index (χ0v) is 18.3. The van der Waals surface area contributed by atoms with Crippen molar-refractivity contribution in [3.63, 3.8) is 0 Å². The summed E-state index contributed by atoms with van der Waals surface area (Å²) in [6.07, 6.45) is 1.98. The van der Waals surface area contributed by atoms with Gasteiger partial charge in [-0.1, -0.05) is 40.8 Å². The summed E-state index contributed by atoms with van der Waals surface area (Å²) >= 11 is 8.44. The van der Waals surface area contributed by atoms with Crippen LogP contribution in [-0.4, -0.2) is 59.8 Å². The lowest BCUT2D eigenvalue weighted by molar-refractivity contribution is 0.144. The molecule has 26 heavy (non-hydrogen) atoms. The van der Waals surface area contributed by atoms with Gasteiger partial charge in [0.1, 0.15) is 0 Å². The monoisotopic (exact) mass is 430 g/mol. The molecular weight excluding hydrogens is 408 g/mol. The van der Waals surface area contributed by atoms with Crippen molar-refractivity contribution in [3.8, 4) is 0 Å². The van der Waals surface area contributed by atoms with Crippen LogP contribution >= 0.6 is 35.3 Å². The first-order valence-corrected chi connectivity index (χ1v) is 12.1. The second kappa shape index (κ2) is 8.07. The lowest BCUT2D eigenvalue weighted by Gasteiger charge is -2.34. The normalized spacial score (nSPS) is 16.9. The summed E-state index contributed by atoms with van der Waals surface area (Å²) in [5.41, 5.74) is 1.86. The number of hydrogen-bond donors (Lipinski definition) is 0. The Morgan fingerprint density at radius 2 is 1.92 bits per heavy atom. The summed E-state index contributed by atoms with van der Waals surface area (Å²) in [4.78, 5) is 2.59. The van der Waals surface area contributed by atoms with Crippen molar-refractivity contribution in [3.05, 3.63) is 33.3 Å². The van der Waals surface area contributed by atoms with Crippen LogP contribution in [0.5, 0.6) is 0 Å². The summed E-state index contributed by atoms with van der Waals surface area (Å²) in [6.45, 7) is 6.70. The molecule has 1 aromatic carbocycles. The van der Waals surface area contributed by atoms with Crippen LogP contribution in [0.3, 0.4) is 0 Å². The molecule has 1 saturated heterocycles. The SMILES string of the molecule is CSc1nn(CN2CCN(S(=O)(=O)c3ccc(C)cc3C)CC2)c(=S)s1. The average molecular weight is 431 g/mol. The van der Waals surface area contributed by atoms with E-state index >= 15 is 0 Å². The Bertz CT molecular complexity index is 943. The van der Waals surface area contributed by atoms with Crippen molar-refractivity contribution in [1.82, 2.24) is 19.0 Å². The Morgan fingerprint density at radius 3 is 2.50 bits per heavy atom. The van der Waals surface area contributed by atoms with E-state index in [0.29, 0.717) is 37.7 Å². The molecule has 6 nitrogen and oxygen atoms in total. The first kappa shape index (κ1) is 20.0. The molecule has 2 aromatic rings. The second-order valence-electron chi connectivity index (χ2n) is 6.27. The van der Waals surface area contributed by atoms with Gasteiger partial charge in [0.15, 0.2) is 8.29 Å². The van der Waals surface area contributed by atoms with Crippen LogP contribution in [0.15, 0.2) is 27.4 Å². The number of hydrogen-bond acceptors (Lipinski definition) is 7. The van der Waals surface area contributed by atoms with Crippen LogP contribution in [0, 0.1) is 17.8 Å². The van der Waals surface area contributed by atoms with E-state index in [2.05, 4.69) is 10.00 Å². The highest BCUT2D eigenvalue weighted by Crippen LogP contribution is 2.23. The topological polar surface area (TPSA) is 58.4 Å². The summed E-state index contributed by atoms with van der Waals surface area (Å²) in [5, 5.41) is 4.48. The van der Waals surface area contributed by atoms with Crippen molar-refractivity contribution < 1.29 is 8.42 Å². The van der Waals surface area contributed by atoms with E-state index in [1.54, 1.807) is 22.1 Å². The van der Waals surface area contributed by atoms with E-state index in [1.165, 1.54) is 11.3 Å². The average Bonchev–Trinajstić information content (AvgIpc) is 2.95. The molecule has 0 atom stereocenters. The molecule has 0 bridgehead atoms. The molecule has 0 N–H and O–H groups in total. The van der Waals surface area contributed by atoms with Gasteiger partial charge in [-0.25, -0.2) is 13.1 Å². The molecule has 142 valence electrons. The van der Waals surface area contributed by atoms with E-state index < -0.39 is 10.0 Å². The Balaban J connectivity index is 1.67. The van der Waals surface area contributed by atoms with E-state index in [9.17, 15) is 8.42 Å². The highest BCUT2D eigenvalue weighted by molar-refractivity contribution is 8.00. The standard InChI is InChI=1S/C16H22N4O2S4/c1-12-4-5-14(13(2)10-12)26(21,22)19-8-6-18(7-9-19)11-20-16(23)25-15(17-20)24-3/h4-5,10H,6-9,11H2,1-3H3. The number of piperazine rings is 1. The molecule has 0 radical (unpaired) electrons. The molecule has 0 saturated carbocycles. The second-order valence-corrected chi connectivity index (χ2v) is 10.9. The summed E-state index contributed by atoms with van der Waals surface area (Å²) in [6, 6.07) is 5.48. The zero-order chi connectivity index (χ0) is 18.9. The van der Waals surface area contributed by atoms with Crippen LogP contribution in [0.4, 0.5) is 0 Å². The zero-order valence-electron chi connectivity index (χ0n) is 15.0. The molecule has 0 amide bonds. The summed E-state index contributed by atoms with van der Waals surface area (Å²) in [5.74, 6) is 0. The first-order chi connectivity index (χ1) is 12.3. The van der Waals surface area contributed by atoms with Gasteiger partial charge in [0.25, 0.3) is 0 Å². The molecular formula is C16H22N4O2S4. The summed E-state index contributed by atoms with van der Waals surface area (Å²) < 4.78 is 31.0. The van der Waals surface area contributed by atoms with Crippen LogP contribution in [0.1, 0.15) is 11.1 Å². The Labute approximate surface area is 167 Å². The smallest absolute Gasteiger partial charge is 0.243 e. The maximum absolute atomic E-state index is 13.0. The molecule has 2 heterocycles. The minimum atomic E-state index is -3.45. The van der Waals surface area contributed by atoms with Gasteiger partial charge in [0, 0.05) is 26.2 Å². The van der Waals surface area contributed by atoms with Gasteiger partial charge < -0.3 is 0 Å². The van der Waals surface area contributed by atoms with Crippen LogP contribution < -0.4 is 0 Å². The van der Waals surface area contributed by atoms with Crippen molar-refractivity contribution in [2.45, 2.75) is 29.8 Å². The third-order valence-electron chi connectivity index (χ3n) is 4.38. The van der Waals surface area contributed by atoms with Gasteiger partial charge in [-0.05, 0) is 44.0 Å². The van der Waals surface area contributed by atoms with Crippen LogP contribution in [-0.2, 0) is 16.7 Å². The molecule has 1 aromatic heterocycles. The van der Waals surface area contributed by atoms with Crippen LogP contribution in [0.2, 0.25) is 0 Å². The predicted octanol–water partition coefficient (Wildman–Crippen LogP) is 2.98. The van der Waals surface area contributed by atoms with Crippen LogP contribution in [0.25, 0.3) is 0 Å². The molecule has 0 aliphatic carbocycles. The van der Waals surface area contributed by atoms with E-state index in [0.717, 1.165) is 19.4 Å². The van der Waals surface area contributed by atoms with Crippen molar-refractivity contribution >= 4 is 45.3 Å². The van der Waals surface area contributed by atoms with Gasteiger partial charge in [0.2, 0.25) is 10.0 Å². The quantitative estimate of drug-likeness (QED) is 0.537. The third kappa shape index (κ3) is 4.20. The third-order valence-corrected chi connectivity index (χ3v) is 8.72. The van der Waals surface area contributed by atoms with Crippen molar-refractivity contribution in [1.29, 1.82) is 0 Å². The van der Waals surface area contributed by atoms with Gasteiger partial charge in [0.05, 0.1) is 11.6 Å². The highest BCUT2D eigenvalue weighted by atomic mass is 32.2. The van der Waals surface area contributed by atoms with Crippen molar-refractivity contribution in [2.75, 3.05) is 32.4 Å². The fourth-order valence-electron chi connectivity index (χ4n) is 2.99. The molecule has 0 spiro atoms. The number of thioether (sulfide) groups is 1. The molecule has 1 aliphatic rings. The minimum absolute atomic E-state index is 0.405. The Hall–Kier alpha value is -0.780. The number of rotatable bonds is 5. The van der Waals surface area contributed by atoms with Gasteiger partial charge in [-0.15, -0.1) is 0 Å². The number of aromatic nitrogens is 2. The predicted molar refractivity (Wildman–Crippen MR) is 109 cm³/mol. The Kier molecular flexibility index (Phi) is 6.20. The first-order valence-electron chi connectivity index (χ1n) is 8.23. The fourth-order valence-corrected chi connectivity index (χ4v) is 6.35. The molecule has 1 aliphatic heterocycles. The Morgan fingerprint density at radius 1 is 1.23 bits per heavy atom. The molecule has 0 unspecified atom stereocenters. The minimum Gasteiger partial charge on any atom is -0.282 e. The van der Waals surface area contributed by atoms with Gasteiger partial charge >= 0.3 is 0 Å². The number of nitrogens with zero attached hydrogens (tertiary/aromatic N) is 4. The molecule has 1 fully saturated rings. The maximum Gasteiger partial charge on any atom is 0.243 e. The number of sulfonamides is 1. The largest absolute Gasteiger partial charge is 0.282 e. The lowest BCUT2D eigenvalue weighted by Crippen LogP contribution is -2.49. The molecule has 3 rings (SSSR count). The van der Waals surface area contributed by atoms with E-state index in [1.807, 2.05) is 36.9 Å². The van der Waals surface area contributed by atoms with E-state index in [4.69, 9.17) is 12.2 Å².